The first-order chi connectivity index (χ1) is 6.69. The van der Waals surface area contributed by atoms with Crippen LogP contribution in [0.15, 0.2) is 12.1 Å². The maximum absolute atomic E-state index is 13.2. The molecule has 0 aliphatic heterocycles. The first-order valence-corrected chi connectivity index (χ1v) is 4.16. The number of nitrogens with zero attached hydrogens (tertiary/aromatic N) is 1. The van der Waals surface area contributed by atoms with Crippen LogP contribution in [-0.4, -0.2) is 6.61 Å². The van der Waals surface area contributed by atoms with E-state index in [0.29, 0.717) is 6.61 Å². The second-order valence-electron chi connectivity index (χ2n) is 2.63. The fraction of sp³-hybridized carbons (Fsp3) is 0.300. The molecular formula is C10H9F2NO. The lowest BCUT2D eigenvalue weighted by molar-refractivity contribution is 0.335. The molecule has 1 rings (SSSR count). The molecule has 0 spiro atoms. The van der Waals surface area contributed by atoms with Crippen molar-refractivity contribution in [1.29, 1.82) is 5.26 Å². The van der Waals surface area contributed by atoms with Crippen LogP contribution in [0.5, 0.6) is 5.75 Å². The summed E-state index contributed by atoms with van der Waals surface area (Å²) in [5.41, 5.74) is -0.212. The molecule has 0 saturated heterocycles. The Labute approximate surface area is 80.7 Å². The van der Waals surface area contributed by atoms with Crippen molar-refractivity contribution in [3.8, 4) is 11.8 Å². The number of hydrogen-bond acceptors (Lipinski definition) is 2. The normalized spacial score (nSPS) is 9.57. The zero-order valence-corrected chi connectivity index (χ0v) is 7.68. The smallest absolute Gasteiger partial charge is 0.134 e. The summed E-state index contributed by atoms with van der Waals surface area (Å²) in [6.07, 6.45) is -0.274. The van der Waals surface area contributed by atoms with Crippen LogP contribution in [-0.2, 0) is 6.42 Å². The van der Waals surface area contributed by atoms with E-state index in [1.807, 2.05) is 0 Å². The minimum Gasteiger partial charge on any atom is -0.494 e. The molecule has 0 amide bonds. The van der Waals surface area contributed by atoms with Gasteiger partial charge in [0.15, 0.2) is 0 Å². The largest absolute Gasteiger partial charge is 0.494 e. The fourth-order valence-corrected chi connectivity index (χ4v) is 1.08. The Kier molecular flexibility index (Phi) is 3.41. The number of hydrogen-bond donors (Lipinski definition) is 0. The average molecular weight is 197 g/mol. The van der Waals surface area contributed by atoms with Gasteiger partial charge in [-0.15, -0.1) is 0 Å². The monoisotopic (exact) mass is 197 g/mol. The topological polar surface area (TPSA) is 33.0 Å². The molecule has 14 heavy (non-hydrogen) atoms. The van der Waals surface area contributed by atoms with Crippen LogP contribution in [0.2, 0.25) is 0 Å². The molecule has 2 nitrogen and oxygen atoms in total. The molecule has 0 atom stereocenters. The minimum absolute atomic E-state index is 0.143. The lowest BCUT2D eigenvalue weighted by atomic mass is 10.1. The molecule has 0 bridgehead atoms. The van der Waals surface area contributed by atoms with Crippen LogP contribution in [0.3, 0.4) is 0 Å². The summed E-state index contributed by atoms with van der Waals surface area (Å²) < 4.78 is 31.2. The van der Waals surface area contributed by atoms with Crippen LogP contribution in [0.4, 0.5) is 8.78 Å². The van der Waals surface area contributed by atoms with Gasteiger partial charge in [-0.05, 0) is 6.92 Å². The third kappa shape index (κ3) is 2.19. The van der Waals surface area contributed by atoms with Crippen molar-refractivity contribution >= 4 is 0 Å². The highest BCUT2D eigenvalue weighted by Gasteiger charge is 2.10. The molecular weight excluding hydrogens is 188 g/mol. The molecule has 0 N–H and O–H groups in total. The maximum Gasteiger partial charge on any atom is 0.134 e. The Morgan fingerprint density at radius 3 is 2.36 bits per heavy atom. The Hall–Kier alpha value is -1.63. The Bertz CT molecular complexity index is 348. The molecule has 1 aromatic carbocycles. The Morgan fingerprint density at radius 1 is 1.36 bits per heavy atom. The molecule has 0 fully saturated rings. The predicted molar refractivity (Wildman–Crippen MR) is 46.8 cm³/mol. The summed E-state index contributed by atoms with van der Waals surface area (Å²) in [7, 11) is 0. The van der Waals surface area contributed by atoms with Gasteiger partial charge in [0.2, 0.25) is 0 Å². The summed E-state index contributed by atoms with van der Waals surface area (Å²) in [6.45, 7) is 2.06. The van der Waals surface area contributed by atoms with E-state index in [1.54, 1.807) is 13.0 Å². The second-order valence-corrected chi connectivity index (χ2v) is 2.63. The first-order valence-electron chi connectivity index (χ1n) is 4.16. The number of benzene rings is 1. The summed E-state index contributed by atoms with van der Waals surface area (Å²) in [6, 6.07) is 3.86. The molecule has 0 aliphatic carbocycles. The van der Waals surface area contributed by atoms with Crippen LogP contribution in [0.25, 0.3) is 0 Å². The molecule has 74 valence electrons. The minimum atomic E-state index is -0.741. The molecule has 0 aromatic heterocycles. The number of nitriles is 1. The van der Waals surface area contributed by atoms with Crippen molar-refractivity contribution < 1.29 is 13.5 Å². The second kappa shape index (κ2) is 4.56. The van der Waals surface area contributed by atoms with Crippen LogP contribution in [0, 0.1) is 23.0 Å². The maximum atomic E-state index is 13.2. The van der Waals surface area contributed by atoms with Gasteiger partial charge in [0.05, 0.1) is 19.1 Å². The fourth-order valence-electron chi connectivity index (χ4n) is 1.08. The van der Waals surface area contributed by atoms with E-state index < -0.39 is 11.6 Å². The highest BCUT2D eigenvalue weighted by Crippen LogP contribution is 2.20. The van der Waals surface area contributed by atoms with Gasteiger partial charge in [0.1, 0.15) is 17.4 Å². The van der Waals surface area contributed by atoms with E-state index in [9.17, 15) is 8.78 Å². The molecule has 0 radical (unpaired) electrons. The quantitative estimate of drug-likeness (QED) is 0.745. The predicted octanol–water partition coefficient (Wildman–Crippen LogP) is 2.43. The molecule has 0 saturated carbocycles. The van der Waals surface area contributed by atoms with E-state index in [1.165, 1.54) is 0 Å². The van der Waals surface area contributed by atoms with Crippen molar-refractivity contribution in [2.75, 3.05) is 6.61 Å². The Balaban J connectivity index is 3.06. The highest BCUT2D eigenvalue weighted by atomic mass is 19.1. The van der Waals surface area contributed by atoms with Crippen molar-refractivity contribution in [3.05, 3.63) is 29.3 Å². The van der Waals surface area contributed by atoms with Gasteiger partial charge >= 0.3 is 0 Å². The summed E-state index contributed by atoms with van der Waals surface area (Å²) in [5, 5.41) is 8.33. The van der Waals surface area contributed by atoms with Gasteiger partial charge in [-0.2, -0.15) is 5.26 Å². The average Bonchev–Trinajstić information content (AvgIpc) is 2.12. The zero-order valence-electron chi connectivity index (χ0n) is 7.68. The van der Waals surface area contributed by atoms with Crippen molar-refractivity contribution in [2.24, 2.45) is 0 Å². The number of rotatable bonds is 3. The van der Waals surface area contributed by atoms with Gasteiger partial charge in [0, 0.05) is 17.7 Å². The van der Waals surface area contributed by atoms with Crippen molar-refractivity contribution in [3.63, 3.8) is 0 Å². The van der Waals surface area contributed by atoms with E-state index in [2.05, 4.69) is 0 Å². The van der Waals surface area contributed by atoms with Crippen molar-refractivity contribution in [1.82, 2.24) is 0 Å². The van der Waals surface area contributed by atoms with Crippen LogP contribution >= 0.6 is 0 Å². The lowest BCUT2D eigenvalue weighted by Gasteiger charge is -2.05. The number of halogens is 2. The molecule has 1 aromatic rings. The molecule has 4 heteroatoms. The van der Waals surface area contributed by atoms with E-state index in [0.717, 1.165) is 12.1 Å². The summed E-state index contributed by atoms with van der Waals surface area (Å²) in [4.78, 5) is 0. The van der Waals surface area contributed by atoms with Crippen LogP contribution in [0.1, 0.15) is 12.5 Å². The Morgan fingerprint density at radius 2 is 1.93 bits per heavy atom. The highest BCUT2D eigenvalue weighted by molar-refractivity contribution is 5.32. The van der Waals surface area contributed by atoms with E-state index in [-0.39, 0.29) is 17.7 Å². The third-order valence-corrected chi connectivity index (χ3v) is 1.68. The van der Waals surface area contributed by atoms with Gasteiger partial charge in [-0.25, -0.2) is 8.78 Å². The van der Waals surface area contributed by atoms with E-state index in [4.69, 9.17) is 10.00 Å². The molecule has 0 heterocycles. The molecule has 0 unspecified atom stereocenters. The SMILES string of the molecule is CCOc1cc(F)c(CC#N)c(F)c1. The standard InChI is InChI=1S/C10H9F2NO/c1-2-14-7-5-9(11)8(3-4-13)10(12)6-7/h5-6H,2-3H2,1H3. The van der Waals surface area contributed by atoms with Gasteiger partial charge in [-0.3, -0.25) is 0 Å². The molecule has 0 aliphatic rings. The summed E-state index contributed by atoms with van der Waals surface area (Å²) in [5.74, 6) is -1.34. The van der Waals surface area contributed by atoms with Gasteiger partial charge in [0.25, 0.3) is 0 Å². The van der Waals surface area contributed by atoms with Gasteiger partial charge in [-0.1, -0.05) is 0 Å². The zero-order chi connectivity index (χ0) is 10.6. The van der Waals surface area contributed by atoms with Crippen LogP contribution < -0.4 is 4.74 Å². The third-order valence-electron chi connectivity index (χ3n) is 1.68. The summed E-state index contributed by atoms with van der Waals surface area (Å²) >= 11 is 0. The number of ether oxygens (including phenoxy) is 1. The van der Waals surface area contributed by atoms with Gasteiger partial charge < -0.3 is 4.74 Å². The van der Waals surface area contributed by atoms with Crippen molar-refractivity contribution in [2.45, 2.75) is 13.3 Å². The van der Waals surface area contributed by atoms with E-state index >= 15 is 0 Å². The lowest BCUT2D eigenvalue weighted by Crippen LogP contribution is -1.98. The first kappa shape index (κ1) is 10.5.